The molecule has 2 fully saturated rings. The molecular weight excluding hydrogens is 180 g/mol. The molecular formula is C15H28. The zero-order valence-corrected chi connectivity index (χ0v) is 11.2. The van der Waals surface area contributed by atoms with Crippen LogP contribution in [0.4, 0.5) is 0 Å². The summed E-state index contributed by atoms with van der Waals surface area (Å²) in [6.07, 6.45) is 6.13. The lowest BCUT2D eigenvalue weighted by atomic mass is 9.59. The van der Waals surface area contributed by atoms with Gasteiger partial charge in [-0.3, -0.25) is 0 Å². The summed E-state index contributed by atoms with van der Waals surface area (Å²) >= 11 is 0. The summed E-state index contributed by atoms with van der Waals surface area (Å²) in [4.78, 5) is 0. The first-order valence-electron chi connectivity index (χ1n) is 6.91. The Balaban J connectivity index is 1.92. The molecule has 4 unspecified atom stereocenters. The summed E-state index contributed by atoms with van der Waals surface area (Å²) < 4.78 is 0. The molecule has 15 heavy (non-hydrogen) atoms. The third kappa shape index (κ3) is 2.24. The van der Waals surface area contributed by atoms with Crippen molar-refractivity contribution in [2.45, 2.75) is 60.3 Å². The van der Waals surface area contributed by atoms with Gasteiger partial charge in [0.05, 0.1) is 0 Å². The van der Waals surface area contributed by atoms with Crippen LogP contribution in [0.25, 0.3) is 0 Å². The lowest BCUT2D eigenvalue weighted by Crippen LogP contribution is -2.38. The van der Waals surface area contributed by atoms with Gasteiger partial charge in [-0.05, 0) is 60.7 Å². The van der Waals surface area contributed by atoms with Gasteiger partial charge in [0.15, 0.2) is 0 Å². The van der Waals surface area contributed by atoms with Crippen LogP contribution in [0, 0.1) is 35.0 Å². The summed E-state index contributed by atoms with van der Waals surface area (Å²) in [5.41, 5.74) is 0.489. The third-order valence-electron chi connectivity index (χ3n) is 5.44. The summed E-state index contributed by atoms with van der Waals surface area (Å²) in [7, 11) is 0. The third-order valence-corrected chi connectivity index (χ3v) is 5.44. The molecule has 2 saturated carbocycles. The van der Waals surface area contributed by atoms with Crippen LogP contribution < -0.4 is 0 Å². The van der Waals surface area contributed by atoms with Crippen LogP contribution in [0.15, 0.2) is 0 Å². The van der Waals surface area contributed by atoms with Crippen LogP contribution in [0.5, 0.6) is 0 Å². The van der Waals surface area contributed by atoms with Crippen molar-refractivity contribution < 1.29 is 0 Å². The van der Waals surface area contributed by atoms with Gasteiger partial charge in [-0.1, -0.05) is 34.6 Å². The Hall–Kier alpha value is 0. The quantitative estimate of drug-likeness (QED) is 0.628. The van der Waals surface area contributed by atoms with E-state index in [2.05, 4.69) is 34.6 Å². The van der Waals surface area contributed by atoms with E-state index in [1.807, 2.05) is 0 Å². The maximum Gasteiger partial charge on any atom is -0.0354 e. The number of hydrogen-bond donors (Lipinski definition) is 0. The van der Waals surface area contributed by atoms with E-state index in [-0.39, 0.29) is 0 Å². The van der Waals surface area contributed by atoms with Crippen molar-refractivity contribution in [2.75, 3.05) is 0 Å². The van der Waals surface area contributed by atoms with Gasteiger partial charge in [-0.15, -0.1) is 0 Å². The predicted molar refractivity (Wildman–Crippen MR) is 66.7 cm³/mol. The highest BCUT2D eigenvalue weighted by molar-refractivity contribution is 4.95. The van der Waals surface area contributed by atoms with E-state index in [0.717, 1.165) is 29.6 Å². The topological polar surface area (TPSA) is 0 Å². The molecule has 0 nitrogen and oxygen atoms in total. The minimum Gasteiger partial charge on any atom is -0.0620 e. The van der Waals surface area contributed by atoms with Crippen LogP contribution in [-0.2, 0) is 0 Å². The fourth-order valence-electron chi connectivity index (χ4n) is 3.47. The Morgan fingerprint density at radius 2 is 1.53 bits per heavy atom. The normalized spacial score (nSPS) is 35.8. The Morgan fingerprint density at radius 1 is 0.933 bits per heavy atom. The first-order valence-corrected chi connectivity index (χ1v) is 6.91. The molecule has 4 atom stereocenters. The average molecular weight is 208 g/mol. The van der Waals surface area contributed by atoms with E-state index in [9.17, 15) is 0 Å². The molecule has 0 aromatic rings. The van der Waals surface area contributed by atoms with Crippen molar-refractivity contribution in [3.8, 4) is 0 Å². The molecule has 2 aliphatic rings. The zero-order chi connectivity index (χ0) is 11.2. The zero-order valence-electron chi connectivity index (χ0n) is 11.2. The summed E-state index contributed by atoms with van der Waals surface area (Å²) in [6, 6.07) is 0. The Bertz CT molecular complexity index is 219. The van der Waals surface area contributed by atoms with Gasteiger partial charge in [0.25, 0.3) is 0 Å². The Morgan fingerprint density at radius 3 is 1.87 bits per heavy atom. The molecule has 0 saturated heterocycles. The fourth-order valence-corrected chi connectivity index (χ4v) is 3.47. The second-order valence-electron chi connectivity index (χ2n) is 7.26. The van der Waals surface area contributed by atoms with Gasteiger partial charge < -0.3 is 0 Å². The second-order valence-corrected chi connectivity index (χ2v) is 7.26. The number of hydrogen-bond acceptors (Lipinski definition) is 0. The standard InChI is InChI=1S/C15H28/c1-10(11(2)15(3,4)5)13-8-9-14(13)12-6-7-12/h10-14H,6-9H2,1-5H3. The monoisotopic (exact) mass is 208 g/mol. The Labute approximate surface area is 95.8 Å². The molecule has 0 N–H and O–H groups in total. The first-order chi connectivity index (χ1) is 6.91. The van der Waals surface area contributed by atoms with Gasteiger partial charge >= 0.3 is 0 Å². The average Bonchev–Trinajstić information content (AvgIpc) is 2.83. The lowest BCUT2D eigenvalue weighted by Gasteiger charge is -2.46. The maximum absolute atomic E-state index is 2.51. The van der Waals surface area contributed by atoms with E-state index < -0.39 is 0 Å². The molecule has 0 heteroatoms. The van der Waals surface area contributed by atoms with Crippen molar-refractivity contribution in [1.82, 2.24) is 0 Å². The fraction of sp³-hybridized carbons (Fsp3) is 1.00. The SMILES string of the molecule is CC(C1CCC1C1CC1)C(C)C(C)(C)C. The lowest BCUT2D eigenvalue weighted by molar-refractivity contribution is 0.0309. The predicted octanol–water partition coefficient (Wildman–Crippen LogP) is 4.74. The van der Waals surface area contributed by atoms with Gasteiger partial charge in [-0.25, -0.2) is 0 Å². The van der Waals surface area contributed by atoms with E-state index in [4.69, 9.17) is 0 Å². The minimum atomic E-state index is 0.489. The molecule has 2 aliphatic carbocycles. The van der Waals surface area contributed by atoms with Gasteiger partial charge in [0.2, 0.25) is 0 Å². The molecule has 0 radical (unpaired) electrons. The van der Waals surface area contributed by atoms with E-state index in [1.54, 1.807) is 0 Å². The van der Waals surface area contributed by atoms with Crippen LogP contribution >= 0.6 is 0 Å². The Kier molecular flexibility index (Phi) is 2.90. The van der Waals surface area contributed by atoms with Crippen molar-refractivity contribution in [2.24, 2.45) is 35.0 Å². The molecule has 0 amide bonds. The highest BCUT2D eigenvalue weighted by atomic mass is 14.5. The number of rotatable bonds is 3. The molecule has 88 valence electrons. The highest BCUT2D eigenvalue weighted by Gasteiger charge is 2.46. The summed E-state index contributed by atoms with van der Waals surface area (Å²) in [5.74, 6) is 5.11. The van der Waals surface area contributed by atoms with E-state index >= 15 is 0 Å². The highest BCUT2D eigenvalue weighted by Crippen LogP contribution is 2.55. The van der Waals surface area contributed by atoms with Crippen molar-refractivity contribution in [1.29, 1.82) is 0 Å². The molecule has 0 bridgehead atoms. The van der Waals surface area contributed by atoms with Crippen molar-refractivity contribution in [3.05, 3.63) is 0 Å². The van der Waals surface area contributed by atoms with E-state index in [1.165, 1.54) is 25.7 Å². The summed E-state index contributed by atoms with van der Waals surface area (Å²) in [5, 5.41) is 0. The molecule has 0 aromatic heterocycles. The van der Waals surface area contributed by atoms with Crippen molar-refractivity contribution >= 4 is 0 Å². The van der Waals surface area contributed by atoms with Crippen LogP contribution in [0.1, 0.15) is 60.3 Å². The van der Waals surface area contributed by atoms with Crippen LogP contribution in [0.3, 0.4) is 0 Å². The summed E-state index contributed by atoms with van der Waals surface area (Å²) in [6.45, 7) is 12.2. The molecule has 0 aromatic carbocycles. The maximum atomic E-state index is 2.51. The molecule has 0 heterocycles. The van der Waals surface area contributed by atoms with Crippen LogP contribution in [-0.4, -0.2) is 0 Å². The van der Waals surface area contributed by atoms with Crippen LogP contribution in [0.2, 0.25) is 0 Å². The smallest absolute Gasteiger partial charge is 0.0354 e. The molecule has 0 spiro atoms. The molecule has 0 aliphatic heterocycles. The van der Waals surface area contributed by atoms with E-state index in [0.29, 0.717) is 5.41 Å². The minimum absolute atomic E-state index is 0.489. The first kappa shape index (κ1) is 11.5. The van der Waals surface area contributed by atoms with Gasteiger partial charge in [-0.2, -0.15) is 0 Å². The van der Waals surface area contributed by atoms with Gasteiger partial charge in [0, 0.05) is 0 Å². The van der Waals surface area contributed by atoms with Crippen molar-refractivity contribution in [3.63, 3.8) is 0 Å². The van der Waals surface area contributed by atoms with Gasteiger partial charge in [0.1, 0.15) is 0 Å². The largest absolute Gasteiger partial charge is 0.0620 e. The molecule has 2 rings (SSSR count). The second kappa shape index (κ2) is 3.79.